The molecule has 1 heterocycles. The minimum Gasteiger partial charge on any atom is -0.463 e. The molecule has 5 aliphatic rings. The number of allylic oxidation sites excluding steroid dienone is 2. The number of amides is 1. The van der Waals surface area contributed by atoms with Gasteiger partial charge in [-0.3, -0.25) is 14.4 Å². The Morgan fingerprint density at radius 1 is 0.947 bits per heavy atom. The third-order valence-electron chi connectivity index (χ3n) is 12.9. The molecule has 5 nitrogen and oxygen atoms in total. The molecule has 1 N–H and O–H groups in total. The molecule has 1 saturated heterocycles. The van der Waals surface area contributed by atoms with Crippen molar-refractivity contribution in [1.82, 2.24) is 5.32 Å². The Bertz CT molecular complexity index is 1090. The molecule has 0 unspecified atom stereocenters. The maximum atomic E-state index is 14.4. The zero-order chi connectivity index (χ0) is 28.1. The summed E-state index contributed by atoms with van der Waals surface area (Å²) < 4.78 is 5.75. The first-order valence-electron chi connectivity index (χ1n) is 15.2. The van der Waals surface area contributed by atoms with Crippen LogP contribution in [0.3, 0.4) is 0 Å². The monoisotopic (exact) mass is 525 g/mol. The van der Waals surface area contributed by atoms with Gasteiger partial charge >= 0.3 is 5.97 Å². The van der Waals surface area contributed by atoms with Gasteiger partial charge in [-0.25, -0.2) is 0 Å². The van der Waals surface area contributed by atoms with E-state index >= 15 is 0 Å². The van der Waals surface area contributed by atoms with E-state index in [0.717, 1.165) is 51.4 Å². The quantitative estimate of drug-likeness (QED) is 0.403. The number of hydrogen-bond acceptors (Lipinski definition) is 4. The van der Waals surface area contributed by atoms with Crippen LogP contribution in [0.1, 0.15) is 120 Å². The lowest BCUT2D eigenvalue weighted by Gasteiger charge is -2.69. The topological polar surface area (TPSA) is 72.5 Å². The zero-order valence-electron chi connectivity index (χ0n) is 25.4. The minimum atomic E-state index is -0.519. The summed E-state index contributed by atoms with van der Waals surface area (Å²) in [4.78, 5) is 40.5. The Balaban J connectivity index is 1.59. The van der Waals surface area contributed by atoms with Crippen LogP contribution >= 0.6 is 0 Å². The normalized spacial score (nSPS) is 47.9. The van der Waals surface area contributed by atoms with Gasteiger partial charge in [0.05, 0.1) is 11.5 Å². The second-order valence-electron chi connectivity index (χ2n) is 16.0. The number of ketones is 1. The van der Waals surface area contributed by atoms with E-state index < -0.39 is 5.41 Å². The van der Waals surface area contributed by atoms with Gasteiger partial charge in [-0.15, -0.1) is 0 Å². The lowest BCUT2D eigenvalue weighted by Crippen LogP contribution is -2.66. The highest BCUT2D eigenvalue weighted by Gasteiger charge is 2.69. The molecule has 0 aromatic carbocycles. The fourth-order valence-corrected chi connectivity index (χ4v) is 10.5. The van der Waals surface area contributed by atoms with Gasteiger partial charge in [0, 0.05) is 17.9 Å². The van der Waals surface area contributed by atoms with Crippen molar-refractivity contribution in [2.45, 2.75) is 132 Å². The predicted octanol–water partition coefficient (Wildman–Crippen LogP) is 6.79. The first-order chi connectivity index (χ1) is 17.4. The second-order valence-corrected chi connectivity index (χ2v) is 16.0. The van der Waals surface area contributed by atoms with Gasteiger partial charge in [0.15, 0.2) is 5.78 Å². The van der Waals surface area contributed by atoms with Crippen LogP contribution in [0.5, 0.6) is 0 Å². The van der Waals surface area contributed by atoms with Crippen LogP contribution in [0.2, 0.25) is 0 Å². The molecule has 0 aromatic heterocycles. The molecule has 0 aromatic rings. The average molecular weight is 526 g/mol. The van der Waals surface area contributed by atoms with Crippen LogP contribution in [0.25, 0.3) is 0 Å². The Hall–Kier alpha value is -1.65. The molecule has 0 radical (unpaired) electrons. The molecule has 5 heteroatoms. The number of carbonyl (C=O) groups excluding carboxylic acids is 3. The summed E-state index contributed by atoms with van der Waals surface area (Å²) in [6, 6.07) is 0. The maximum absolute atomic E-state index is 14.4. The van der Waals surface area contributed by atoms with E-state index in [0.29, 0.717) is 6.42 Å². The number of nitrogens with one attached hydrogen (secondary N) is 1. The third kappa shape index (κ3) is 3.72. The molecule has 1 aliphatic heterocycles. The number of fused-ring (bicyclic) bond motifs is 7. The van der Waals surface area contributed by atoms with E-state index in [2.05, 4.69) is 59.9 Å². The molecule has 3 saturated carbocycles. The molecule has 38 heavy (non-hydrogen) atoms. The lowest BCUT2D eigenvalue weighted by molar-refractivity contribution is -0.174. The highest BCUT2D eigenvalue weighted by molar-refractivity contribution is 5.96. The fraction of sp³-hybridized carbons (Fsp3) is 0.848. The van der Waals surface area contributed by atoms with Crippen molar-refractivity contribution in [2.75, 3.05) is 0 Å². The molecule has 212 valence electrons. The van der Waals surface area contributed by atoms with Crippen LogP contribution in [-0.2, 0) is 19.1 Å². The summed E-state index contributed by atoms with van der Waals surface area (Å²) >= 11 is 0. The van der Waals surface area contributed by atoms with Crippen LogP contribution in [0.15, 0.2) is 11.6 Å². The summed E-state index contributed by atoms with van der Waals surface area (Å²) in [5.41, 5.74) is 0.0582. The van der Waals surface area contributed by atoms with Crippen LogP contribution in [-0.4, -0.2) is 29.3 Å². The predicted molar refractivity (Wildman–Crippen MR) is 149 cm³/mol. The van der Waals surface area contributed by atoms with Crippen molar-refractivity contribution in [3.8, 4) is 0 Å². The zero-order valence-corrected chi connectivity index (χ0v) is 25.4. The van der Waals surface area contributed by atoms with Gasteiger partial charge in [-0.2, -0.15) is 0 Å². The number of carbonyl (C=O) groups is 3. The Labute approximate surface area is 230 Å². The van der Waals surface area contributed by atoms with Gasteiger partial charge in [-0.1, -0.05) is 33.3 Å². The molecular formula is C33H51NO4. The molecule has 0 bridgehead atoms. The Kier molecular flexibility index (Phi) is 6.19. The van der Waals surface area contributed by atoms with E-state index in [1.54, 1.807) is 0 Å². The van der Waals surface area contributed by atoms with Crippen molar-refractivity contribution in [1.29, 1.82) is 0 Å². The Morgan fingerprint density at radius 2 is 1.61 bits per heavy atom. The van der Waals surface area contributed by atoms with E-state index in [-0.39, 0.29) is 68.7 Å². The van der Waals surface area contributed by atoms with Crippen LogP contribution in [0.4, 0.5) is 0 Å². The third-order valence-corrected chi connectivity index (χ3v) is 12.9. The minimum absolute atomic E-state index is 0.0838. The van der Waals surface area contributed by atoms with E-state index in [1.165, 1.54) is 5.57 Å². The largest absolute Gasteiger partial charge is 0.463 e. The molecule has 8 atom stereocenters. The maximum Gasteiger partial charge on any atom is 0.312 e. The molecule has 5 rings (SSSR count). The van der Waals surface area contributed by atoms with Crippen LogP contribution in [0, 0.1) is 44.8 Å². The summed E-state index contributed by atoms with van der Waals surface area (Å²) in [6.07, 6.45) is 10.00. The standard InChI is InChI=1S/C33H51NO4/c1-20(2)38-27(37)30(6)15-14-29(5)16-17-32(8)21(22(29)19-30)18-23(35)26-31(7)12-11-25(36)34-28(3,4)24(31)10-13-33(26,32)9/h18,20,22,24,26H,10-17,19H2,1-9H3,(H,34,36)/t22-,24-,26+,29+,30-,31-,32+,33+/m0/s1. The first-order valence-corrected chi connectivity index (χ1v) is 15.2. The Morgan fingerprint density at radius 3 is 2.26 bits per heavy atom. The first kappa shape index (κ1) is 27.9. The van der Waals surface area contributed by atoms with Gasteiger partial charge in [0.1, 0.15) is 0 Å². The van der Waals surface area contributed by atoms with E-state index in [4.69, 9.17) is 4.74 Å². The van der Waals surface area contributed by atoms with Crippen molar-refractivity contribution in [2.24, 2.45) is 44.8 Å². The highest BCUT2D eigenvalue weighted by Crippen LogP contribution is 2.73. The number of ether oxygens (including phenoxy) is 1. The van der Waals surface area contributed by atoms with Gasteiger partial charge in [0.2, 0.25) is 5.91 Å². The van der Waals surface area contributed by atoms with Crippen molar-refractivity contribution in [3.63, 3.8) is 0 Å². The SMILES string of the molecule is CC(C)OC(=O)[C@@]1(C)CC[C@]2(C)CC[C@]3(C)C(=CC(=O)[C@@H]4[C@@]5(C)CCC(=O)NC(C)(C)[C@@H]5CC[C@]43C)[C@@H]2C1. The van der Waals surface area contributed by atoms with Crippen molar-refractivity contribution >= 4 is 17.7 Å². The summed E-state index contributed by atoms with van der Waals surface area (Å²) in [7, 11) is 0. The summed E-state index contributed by atoms with van der Waals surface area (Å²) in [5, 5.41) is 3.30. The van der Waals surface area contributed by atoms with Gasteiger partial charge in [0.25, 0.3) is 0 Å². The molecular weight excluding hydrogens is 474 g/mol. The van der Waals surface area contributed by atoms with Crippen LogP contribution < -0.4 is 5.32 Å². The summed E-state index contributed by atoms with van der Waals surface area (Å²) in [6.45, 7) is 19.8. The molecule has 0 spiro atoms. The molecule has 4 fully saturated rings. The molecule has 4 aliphatic carbocycles. The van der Waals surface area contributed by atoms with E-state index in [9.17, 15) is 14.4 Å². The molecule has 1 amide bonds. The number of hydrogen-bond donors (Lipinski definition) is 1. The van der Waals surface area contributed by atoms with Crippen molar-refractivity contribution in [3.05, 3.63) is 11.6 Å². The van der Waals surface area contributed by atoms with Crippen molar-refractivity contribution < 1.29 is 19.1 Å². The van der Waals surface area contributed by atoms with E-state index in [1.807, 2.05) is 13.8 Å². The van der Waals surface area contributed by atoms with Gasteiger partial charge in [-0.05, 0) is 126 Å². The average Bonchev–Trinajstić information content (AvgIpc) is 2.88. The lowest BCUT2D eigenvalue weighted by atomic mass is 9.35. The fourth-order valence-electron chi connectivity index (χ4n) is 10.5. The summed E-state index contributed by atoms with van der Waals surface area (Å²) in [5.74, 6) is 0.666. The number of rotatable bonds is 2. The number of esters is 1. The smallest absolute Gasteiger partial charge is 0.312 e. The van der Waals surface area contributed by atoms with Gasteiger partial charge < -0.3 is 10.1 Å². The second kappa shape index (κ2) is 8.43. The highest BCUT2D eigenvalue weighted by atomic mass is 16.5.